The molecule has 0 bridgehead atoms. The number of hydrogen-bond donors (Lipinski definition) is 3. The van der Waals surface area contributed by atoms with Crippen LogP contribution in [0.4, 0.5) is 4.79 Å². The average Bonchev–Trinajstić information content (AvgIpc) is 2.29. The molecule has 0 radical (unpaired) electrons. The first-order chi connectivity index (χ1) is 8.95. The van der Waals surface area contributed by atoms with Gasteiger partial charge in [-0.25, -0.2) is 4.79 Å². The van der Waals surface area contributed by atoms with Crippen LogP contribution in [0.25, 0.3) is 0 Å². The zero-order chi connectivity index (χ0) is 14.6. The largest absolute Gasteiger partial charge is 0.444 e. The van der Waals surface area contributed by atoms with Crippen LogP contribution in [0.15, 0.2) is 0 Å². The van der Waals surface area contributed by atoms with Crippen molar-refractivity contribution in [2.24, 2.45) is 5.73 Å². The molecule has 4 N–H and O–H groups in total. The van der Waals surface area contributed by atoms with Crippen molar-refractivity contribution in [2.45, 2.75) is 58.5 Å². The maximum absolute atomic E-state index is 11.3. The highest BCUT2D eigenvalue weighted by Crippen LogP contribution is 2.06. The van der Waals surface area contributed by atoms with Crippen LogP contribution in [-0.2, 0) is 4.74 Å². The van der Waals surface area contributed by atoms with Crippen molar-refractivity contribution in [3.63, 3.8) is 0 Å². The molecule has 0 unspecified atom stereocenters. The zero-order valence-electron chi connectivity index (χ0n) is 12.8. The molecule has 19 heavy (non-hydrogen) atoms. The fourth-order valence-electron chi connectivity index (χ4n) is 1.59. The van der Waals surface area contributed by atoms with Crippen LogP contribution in [0.5, 0.6) is 0 Å². The van der Waals surface area contributed by atoms with Crippen molar-refractivity contribution in [1.82, 2.24) is 10.6 Å². The molecule has 0 aromatic heterocycles. The Morgan fingerprint density at radius 2 is 1.63 bits per heavy atom. The lowest BCUT2D eigenvalue weighted by Gasteiger charge is -2.19. The second-order valence-electron chi connectivity index (χ2n) is 5.74. The SMILES string of the molecule is CC(C)(C)OC(=O)NCCCNCCCCCCN. The van der Waals surface area contributed by atoms with Gasteiger partial charge in [-0.15, -0.1) is 0 Å². The first-order valence-corrected chi connectivity index (χ1v) is 7.33. The highest BCUT2D eigenvalue weighted by molar-refractivity contribution is 5.67. The second kappa shape index (κ2) is 11.1. The molecule has 0 aliphatic heterocycles. The number of nitrogens with two attached hydrogens (primary N) is 1. The van der Waals surface area contributed by atoms with Gasteiger partial charge in [-0.2, -0.15) is 0 Å². The molecule has 5 heteroatoms. The van der Waals surface area contributed by atoms with E-state index in [2.05, 4.69) is 10.6 Å². The third-order valence-electron chi connectivity index (χ3n) is 2.51. The molecule has 0 heterocycles. The van der Waals surface area contributed by atoms with Gasteiger partial charge < -0.3 is 21.1 Å². The Morgan fingerprint density at radius 3 is 2.26 bits per heavy atom. The van der Waals surface area contributed by atoms with Crippen LogP contribution in [0, 0.1) is 0 Å². The van der Waals surface area contributed by atoms with E-state index in [9.17, 15) is 4.79 Å². The Bertz CT molecular complexity index is 227. The van der Waals surface area contributed by atoms with E-state index in [0.717, 1.165) is 32.5 Å². The smallest absolute Gasteiger partial charge is 0.407 e. The van der Waals surface area contributed by atoms with Gasteiger partial charge in [0, 0.05) is 6.54 Å². The number of amides is 1. The van der Waals surface area contributed by atoms with Gasteiger partial charge in [0.25, 0.3) is 0 Å². The van der Waals surface area contributed by atoms with Crippen LogP contribution >= 0.6 is 0 Å². The lowest BCUT2D eigenvalue weighted by Crippen LogP contribution is -2.34. The molecule has 0 atom stereocenters. The Morgan fingerprint density at radius 1 is 1.00 bits per heavy atom. The molecule has 114 valence electrons. The normalized spacial score (nSPS) is 11.4. The molecule has 5 nitrogen and oxygen atoms in total. The van der Waals surface area contributed by atoms with E-state index in [0.29, 0.717) is 6.54 Å². The Hall–Kier alpha value is -0.810. The molecule has 0 aliphatic carbocycles. The lowest BCUT2D eigenvalue weighted by molar-refractivity contribution is 0.0527. The quantitative estimate of drug-likeness (QED) is 0.532. The van der Waals surface area contributed by atoms with Crippen LogP contribution in [-0.4, -0.2) is 37.9 Å². The van der Waals surface area contributed by atoms with Gasteiger partial charge in [0.1, 0.15) is 5.60 Å². The minimum atomic E-state index is -0.425. The van der Waals surface area contributed by atoms with E-state index in [1.165, 1.54) is 19.3 Å². The van der Waals surface area contributed by atoms with Gasteiger partial charge in [0.2, 0.25) is 0 Å². The van der Waals surface area contributed by atoms with Crippen molar-refractivity contribution in [2.75, 3.05) is 26.2 Å². The Kier molecular flexibility index (Phi) is 10.6. The highest BCUT2D eigenvalue weighted by atomic mass is 16.6. The van der Waals surface area contributed by atoms with Crippen LogP contribution in [0.2, 0.25) is 0 Å². The van der Waals surface area contributed by atoms with E-state index < -0.39 is 5.60 Å². The average molecular weight is 273 g/mol. The number of carbonyl (C=O) groups excluding carboxylic acids is 1. The molecule has 0 spiro atoms. The summed E-state index contributed by atoms with van der Waals surface area (Å²) in [6.45, 7) is 8.99. The number of ether oxygens (including phenoxy) is 1. The van der Waals surface area contributed by atoms with E-state index in [4.69, 9.17) is 10.5 Å². The molecule has 0 aromatic carbocycles. The summed E-state index contributed by atoms with van der Waals surface area (Å²) in [5, 5.41) is 6.10. The number of hydrogen-bond acceptors (Lipinski definition) is 4. The first kappa shape index (κ1) is 18.2. The Labute approximate surface area is 117 Å². The molecule has 0 saturated carbocycles. The van der Waals surface area contributed by atoms with E-state index in [1.807, 2.05) is 20.8 Å². The fraction of sp³-hybridized carbons (Fsp3) is 0.929. The van der Waals surface area contributed by atoms with E-state index in [-0.39, 0.29) is 6.09 Å². The van der Waals surface area contributed by atoms with Gasteiger partial charge in [-0.1, -0.05) is 12.8 Å². The molecule has 0 saturated heterocycles. The van der Waals surface area contributed by atoms with E-state index in [1.54, 1.807) is 0 Å². The zero-order valence-corrected chi connectivity index (χ0v) is 12.8. The summed E-state index contributed by atoms with van der Waals surface area (Å²) in [5.41, 5.74) is 5.00. The topological polar surface area (TPSA) is 76.4 Å². The minimum Gasteiger partial charge on any atom is -0.444 e. The van der Waals surface area contributed by atoms with Gasteiger partial charge in [-0.05, 0) is 59.7 Å². The predicted molar refractivity (Wildman–Crippen MR) is 79.2 cm³/mol. The summed E-state index contributed by atoms with van der Waals surface area (Å²) in [5.74, 6) is 0. The van der Waals surface area contributed by atoms with Crippen LogP contribution < -0.4 is 16.4 Å². The van der Waals surface area contributed by atoms with Gasteiger partial charge in [0.15, 0.2) is 0 Å². The molecular weight excluding hydrogens is 242 g/mol. The number of nitrogens with one attached hydrogen (secondary N) is 2. The van der Waals surface area contributed by atoms with Crippen molar-refractivity contribution in [1.29, 1.82) is 0 Å². The molecule has 0 rings (SSSR count). The fourth-order valence-corrected chi connectivity index (χ4v) is 1.59. The molecule has 1 amide bonds. The summed E-state index contributed by atoms with van der Waals surface area (Å²) in [6, 6.07) is 0. The van der Waals surface area contributed by atoms with Crippen molar-refractivity contribution >= 4 is 6.09 Å². The summed E-state index contributed by atoms with van der Waals surface area (Å²) < 4.78 is 5.14. The summed E-state index contributed by atoms with van der Waals surface area (Å²) in [7, 11) is 0. The molecule has 0 aliphatic rings. The monoisotopic (exact) mass is 273 g/mol. The second-order valence-corrected chi connectivity index (χ2v) is 5.74. The van der Waals surface area contributed by atoms with Crippen molar-refractivity contribution in [3.8, 4) is 0 Å². The van der Waals surface area contributed by atoms with Crippen molar-refractivity contribution < 1.29 is 9.53 Å². The number of carbonyl (C=O) groups is 1. The third kappa shape index (κ3) is 15.1. The standard InChI is InChI=1S/C14H31N3O2/c1-14(2,3)19-13(18)17-12-8-11-16-10-7-5-4-6-9-15/h16H,4-12,15H2,1-3H3,(H,17,18). The number of rotatable bonds is 10. The van der Waals surface area contributed by atoms with E-state index >= 15 is 0 Å². The minimum absolute atomic E-state index is 0.339. The third-order valence-corrected chi connectivity index (χ3v) is 2.51. The van der Waals surface area contributed by atoms with Crippen LogP contribution in [0.1, 0.15) is 52.9 Å². The van der Waals surface area contributed by atoms with Gasteiger partial charge >= 0.3 is 6.09 Å². The van der Waals surface area contributed by atoms with Gasteiger partial charge in [0.05, 0.1) is 0 Å². The van der Waals surface area contributed by atoms with Gasteiger partial charge in [-0.3, -0.25) is 0 Å². The predicted octanol–water partition coefficient (Wildman–Crippen LogP) is 2.01. The Balaban J connectivity index is 3.21. The lowest BCUT2D eigenvalue weighted by atomic mass is 10.2. The summed E-state index contributed by atoms with van der Waals surface area (Å²) in [6.07, 6.45) is 5.36. The van der Waals surface area contributed by atoms with Crippen molar-refractivity contribution in [3.05, 3.63) is 0 Å². The number of unbranched alkanes of at least 4 members (excludes halogenated alkanes) is 3. The number of alkyl carbamates (subject to hydrolysis) is 1. The highest BCUT2D eigenvalue weighted by Gasteiger charge is 2.15. The maximum atomic E-state index is 11.3. The molecular formula is C14H31N3O2. The molecule has 0 fully saturated rings. The van der Waals surface area contributed by atoms with Crippen LogP contribution in [0.3, 0.4) is 0 Å². The summed E-state index contributed by atoms with van der Waals surface area (Å²) >= 11 is 0. The first-order valence-electron chi connectivity index (χ1n) is 7.33. The maximum Gasteiger partial charge on any atom is 0.407 e. The summed E-state index contributed by atoms with van der Waals surface area (Å²) in [4.78, 5) is 11.3. The molecule has 0 aromatic rings.